The zero-order valence-electron chi connectivity index (χ0n) is 16.8. The first kappa shape index (κ1) is 20.8. The number of fused-ring (bicyclic) bond motifs is 3. The van der Waals surface area contributed by atoms with Crippen molar-refractivity contribution in [3.63, 3.8) is 0 Å². The fourth-order valence-electron chi connectivity index (χ4n) is 4.12. The van der Waals surface area contributed by atoms with Crippen molar-refractivity contribution in [2.75, 3.05) is 19.7 Å². The fourth-order valence-corrected chi connectivity index (χ4v) is 4.12. The second-order valence-corrected chi connectivity index (χ2v) is 7.73. The van der Waals surface area contributed by atoms with E-state index in [0.717, 1.165) is 11.1 Å². The van der Waals surface area contributed by atoms with Crippen LogP contribution in [0.3, 0.4) is 0 Å². The second kappa shape index (κ2) is 8.35. The van der Waals surface area contributed by atoms with Crippen LogP contribution in [-0.4, -0.2) is 31.2 Å². The van der Waals surface area contributed by atoms with Crippen LogP contribution in [0.25, 0.3) is 11.1 Å². The van der Waals surface area contributed by atoms with Crippen molar-refractivity contribution in [3.05, 3.63) is 52.8 Å². The molecule has 4 rings (SSSR count). The number of hydrogen-bond acceptors (Lipinski definition) is 6. The first-order valence-electron chi connectivity index (χ1n) is 10.0. The molecule has 2 aliphatic heterocycles. The van der Waals surface area contributed by atoms with Gasteiger partial charge in [0.2, 0.25) is 0 Å². The minimum absolute atomic E-state index is 0.0608. The summed E-state index contributed by atoms with van der Waals surface area (Å²) in [6.45, 7) is 1.30. The summed E-state index contributed by atoms with van der Waals surface area (Å²) in [5.74, 6) is -1.80. The fraction of sp³-hybridized carbons (Fsp3) is 0.348. The Hall–Kier alpha value is -3.46. The van der Waals surface area contributed by atoms with E-state index < -0.39 is 23.2 Å². The minimum Gasteiger partial charge on any atom is -0.488 e. The van der Waals surface area contributed by atoms with E-state index in [9.17, 15) is 15.3 Å². The van der Waals surface area contributed by atoms with Gasteiger partial charge in [-0.2, -0.15) is 10.5 Å². The third-order valence-corrected chi connectivity index (χ3v) is 5.87. The maximum Gasteiger partial charge on any atom is 0.252 e. The highest BCUT2D eigenvalue weighted by Crippen LogP contribution is 2.40. The molecule has 2 aromatic carbocycles. The molecule has 0 aliphatic carbocycles. The number of nitrogens with two attached hydrogens (primary N) is 1. The number of benzene rings is 2. The zero-order valence-corrected chi connectivity index (χ0v) is 16.8. The van der Waals surface area contributed by atoms with Crippen LogP contribution in [0.5, 0.6) is 5.75 Å². The Balaban J connectivity index is 1.70. The van der Waals surface area contributed by atoms with Gasteiger partial charge in [-0.3, -0.25) is 4.79 Å². The molecule has 1 unspecified atom stereocenters. The first-order chi connectivity index (χ1) is 15.0. The van der Waals surface area contributed by atoms with Crippen molar-refractivity contribution in [3.8, 4) is 29.0 Å². The normalized spacial score (nSPS) is 20.7. The number of nitrogens with zero attached hydrogens (tertiary/aromatic N) is 2. The van der Waals surface area contributed by atoms with Crippen LogP contribution in [0.4, 0.5) is 4.39 Å². The van der Waals surface area contributed by atoms with E-state index in [2.05, 4.69) is 17.5 Å². The van der Waals surface area contributed by atoms with Crippen LogP contribution in [0.1, 0.15) is 23.1 Å². The molecule has 0 aromatic heterocycles. The molecule has 158 valence electrons. The summed E-state index contributed by atoms with van der Waals surface area (Å²) >= 11 is 0. The monoisotopic (exact) mass is 420 g/mol. The van der Waals surface area contributed by atoms with Crippen LogP contribution in [-0.2, 0) is 22.6 Å². The number of rotatable bonds is 4. The lowest BCUT2D eigenvalue weighted by molar-refractivity contribution is -0.147. The van der Waals surface area contributed by atoms with E-state index >= 15 is 4.39 Å². The molecule has 1 amide bonds. The summed E-state index contributed by atoms with van der Waals surface area (Å²) in [5.41, 5.74) is 6.95. The number of halogens is 1. The minimum atomic E-state index is -1.54. The van der Waals surface area contributed by atoms with Crippen LogP contribution in [0.2, 0.25) is 0 Å². The van der Waals surface area contributed by atoms with Gasteiger partial charge in [0.25, 0.3) is 5.91 Å². The van der Waals surface area contributed by atoms with Gasteiger partial charge in [0, 0.05) is 18.7 Å². The average molecular weight is 420 g/mol. The van der Waals surface area contributed by atoms with Crippen molar-refractivity contribution in [1.82, 2.24) is 5.32 Å². The molecule has 0 saturated carbocycles. The number of primary amides is 1. The van der Waals surface area contributed by atoms with Gasteiger partial charge in [-0.1, -0.05) is 6.07 Å². The molecule has 2 aliphatic rings. The van der Waals surface area contributed by atoms with Crippen molar-refractivity contribution in [1.29, 1.82) is 10.5 Å². The maximum atomic E-state index is 15.1. The maximum absolute atomic E-state index is 15.1. The smallest absolute Gasteiger partial charge is 0.252 e. The van der Waals surface area contributed by atoms with Crippen molar-refractivity contribution < 1.29 is 18.7 Å². The standard InChI is InChI=1S/C23H21FN4O3/c24-20-9-19-18-6-14(10-25)2-3-15(18)12-30-21(19)8-16(20)7-17(11-26)23(22(27)29)13-28-4-1-5-31-23/h2-3,6,8-9,17,28H,1,4-5,7,12-13H2,(H2,27,29)/t17-,23?/m0/s1. The lowest BCUT2D eigenvalue weighted by Gasteiger charge is -2.33. The molecular formula is C23H21FN4O3. The lowest BCUT2D eigenvalue weighted by atomic mass is 9.82. The van der Waals surface area contributed by atoms with E-state index in [0.29, 0.717) is 36.4 Å². The highest BCUT2D eigenvalue weighted by atomic mass is 19.1. The molecular weight excluding hydrogens is 399 g/mol. The van der Waals surface area contributed by atoms with E-state index in [1.165, 1.54) is 6.07 Å². The van der Waals surface area contributed by atoms with E-state index in [4.69, 9.17) is 15.2 Å². The van der Waals surface area contributed by atoms with E-state index in [-0.39, 0.29) is 25.1 Å². The predicted molar refractivity (Wildman–Crippen MR) is 109 cm³/mol. The molecule has 3 N–H and O–H groups in total. The summed E-state index contributed by atoms with van der Waals surface area (Å²) in [6.07, 6.45) is 0.618. The summed E-state index contributed by atoms with van der Waals surface area (Å²) in [7, 11) is 0. The van der Waals surface area contributed by atoms with Gasteiger partial charge in [0.15, 0.2) is 5.60 Å². The number of ether oxygens (including phenoxy) is 2. The highest BCUT2D eigenvalue weighted by Gasteiger charge is 2.47. The molecule has 8 heteroatoms. The molecule has 2 heterocycles. The van der Waals surface area contributed by atoms with Gasteiger partial charge in [-0.05, 0) is 60.3 Å². The van der Waals surface area contributed by atoms with E-state index in [1.807, 2.05) is 0 Å². The van der Waals surface area contributed by atoms with Gasteiger partial charge in [-0.15, -0.1) is 0 Å². The zero-order chi connectivity index (χ0) is 22.0. The van der Waals surface area contributed by atoms with Crippen molar-refractivity contribution in [2.45, 2.75) is 25.0 Å². The largest absolute Gasteiger partial charge is 0.488 e. The summed E-state index contributed by atoms with van der Waals surface area (Å²) in [4.78, 5) is 12.3. The molecule has 1 saturated heterocycles. The van der Waals surface area contributed by atoms with E-state index in [1.54, 1.807) is 24.3 Å². The summed E-state index contributed by atoms with van der Waals surface area (Å²) in [6, 6.07) is 12.3. The Bertz CT molecular complexity index is 1110. The van der Waals surface area contributed by atoms with Crippen LogP contribution < -0.4 is 15.8 Å². The number of carbonyl (C=O) groups excluding carboxylic acids is 1. The third-order valence-electron chi connectivity index (χ3n) is 5.87. The number of nitriles is 2. The van der Waals surface area contributed by atoms with Crippen LogP contribution >= 0.6 is 0 Å². The molecule has 1 fully saturated rings. The topological polar surface area (TPSA) is 121 Å². The van der Waals surface area contributed by atoms with Crippen molar-refractivity contribution in [2.24, 2.45) is 11.7 Å². The predicted octanol–water partition coefficient (Wildman–Crippen LogP) is 2.17. The Labute approximate surface area is 179 Å². The molecule has 0 spiro atoms. The summed E-state index contributed by atoms with van der Waals surface area (Å²) < 4.78 is 26.7. The number of carbonyl (C=O) groups is 1. The SMILES string of the molecule is N#Cc1ccc2c(c1)-c1cc(F)c(C[C@@H](C#N)C3(C(N)=O)CNCCCO3)cc1OC2. The van der Waals surface area contributed by atoms with Gasteiger partial charge < -0.3 is 20.5 Å². The molecule has 0 bridgehead atoms. The lowest BCUT2D eigenvalue weighted by Crippen LogP contribution is -2.57. The Kier molecular flexibility index (Phi) is 5.60. The first-order valence-corrected chi connectivity index (χ1v) is 10.0. The van der Waals surface area contributed by atoms with Gasteiger partial charge >= 0.3 is 0 Å². The molecule has 2 atom stereocenters. The average Bonchev–Trinajstić information content (AvgIpc) is 3.04. The van der Waals surface area contributed by atoms with Gasteiger partial charge in [0.05, 0.1) is 23.6 Å². The molecule has 31 heavy (non-hydrogen) atoms. The highest BCUT2D eigenvalue weighted by molar-refractivity contribution is 5.85. The third kappa shape index (κ3) is 3.72. The Morgan fingerprint density at radius 3 is 2.87 bits per heavy atom. The van der Waals surface area contributed by atoms with Gasteiger partial charge in [0.1, 0.15) is 18.2 Å². The summed E-state index contributed by atoms with van der Waals surface area (Å²) in [5, 5.41) is 22.1. The van der Waals surface area contributed by atoms with Crippen LogP contribution in [0.15, 0.2) is 30.3 Å². The number of nitrogens with one attached hydrogen (secondary N) is 1. The molecule has 7 nitrogen and oxygen atoms in total. The second-order valence-electron chi connectivity index (χ2n) is 7.73. The quantitative estimate of drug-likeness (QED) is 0.782. The van der Waals surface area contributed by atoms with Gasteiger partial charge in [-0.25, -0.2) is 4.39 Å². The Morgan fingerprint density at radius 2 is 2.13 bits per heavy atom. The number of hydrogen-bond donors (Lipinski definition) is 2. The number of amides is 1. The van der Waals surface area contributed by atoms with Crippen molar-refractivity contribution >= 4 is 5.91 Å². The Morgan fingerprint density at radius 1 is 1.29 bits per heavy atom. The van der Waals surface area contributed by atoms with Crippen LogP contribution in [0, 0.1) is 34.4 Å². The molecule has 0 radical (unpaired) electrons. The molecule has 2 aromatic rings.